The molecule has 1 aromatic carbocycles. The highest BCUT2D eigenvalue weighted by Gasteiger charge is 2.25. The second kappa shape index (κ2) is 5.07. The molecule has 2 aromatic rings. The number of nitrogens with two attached hydrogens (primary N) is 1. The summed E-state index contributed by atoms with van der Waals surface area (Å²) in [7, 11) is 0. The van der Waals surface area contributed by atoms with E-state index < -0.39 is 0 Å². The van der Waals surface area contributed by atoms with E-state index in [9.17, 15) is 0 Å². The maximum absolute atomic E-state index is 6.07. The molecule has 21 heavy (non-hydrogen) atoms. The van der Waals surface area contributed by atoms with Crippen molar-refractivity contribution in [1.82, 2.24) is 9.97 Å². The fourth-order valence-electron chi connectivity index (χ4n) is 3.25. The molecule has 1 unspecified atom stereocenters. The largest absolute Gasteiger partial charge is 0.339 e. The van der Waals surface area contributed by atoms with Gasteiger partial charge in [0.25, 0.3) is 0 Å². The van der Waals surface area contributed by atoms with Crippen LogP contribution in [0.2, 0.25) is 0 Å². The molecular weight excluding hydrogens is 328 g/mol. The Kier molecular flexibility index (Phi) is 3.19. The summed E-state index contributed by atoms with van der Waals surface area (Å²) in [6.07, 6.45) is 5.09. The molecule has 0 amide bonds. The van der Waals surface area contributed by atoms with Crippen LogP contribution in [0, 0.1) is 0 Å². The third kappa shape index (κ3) is 2.24. The zero-order chi connectivity index (χ0) is 14.4. The van der Waals surface area contributed by atoms with Crippen LogP contribution in [-0.2, 0) is 6.42 Å². The Balaban J connectivity index is 1.74. The van der Waals surface area contributed by atoms with Crippen LogP contribution in [-0.4, -0.2) is 29.1 Å². The van der Waals surface area contributed by atoms with Gasteiger partial charge >= 0.3 is 0 Å². The summed E-state index contributed by atoms with van der Waals surface area (Å²) in [6, 6.07) is 6.53. The number of anilines is 1. The van der Waals surface area contributed by atoms with Gasteiger partial charge < -0.3 is 10.6 Å². The highest BCUT2D eigenvalue weighted by atomic mass is 79.9. The topological polar surface area (TPSA) is 55.0 Å². The van der Waals surface area contributed by atoms with Crippen molar-refractivity contribution in [2.24, 2.45) is 5.73 Å². The Labute approximate surface area is 132 Å². The lowest BCUT2D eigenvalue weighted by molar-refractivity contribution is 0.500. The van der Waals surface area contributed by atoms with Gasteiger partial charge in [-0.15, -0.1) is 0 Å². The lowest BCUT2D eigenvalue weighted by atomic mass is 10.1. The predicted octanol–water partition coefficient (Wildman–Crippen LogP) is 2.74. The van der Waals surface area contributed by atoms with Crippen molar-refractivity contribution in [2.45, 2.75) is 25.3 Å². The van der Waals surface area contributed by atoms with Crippen molar-refractivity contribution >= 4 is 21.9 Å². The summed E-state index contributed by atoms with van der Waals surface area (Å²) in [6.45, 7) is 1.85. The lowest BCUT2D eigenvalue weighted by Gasteiger charge is -2.30. The molecule has 1 aliphatic heterocycles. The molecule has 0 spiro atoms. The van der Waals surface area contributed by atoms with Crippen LogP contribution in [0.25, 0.3) is 11.3 Å². The number of aromatic nitrogens is 2. The number of piperidine rings is 1. The first-order chi connectivity index (χ1) is 10.2. The standard InChI is InChI=1S/C16H17BrN4/c17-14-5-1-4-12-13(14)7-10-8-19-16(20-15(10)12)21-6-2-3-11(18)9-21/h1,4-5,8,11H,2-3,6-7,9,18H2. The quantitative estimate of drug-likeness (QED) is 0.737. The molecule has 4 rings (SSSR count). The Hall–Kier alpha value is -1.46. The SMILES string of the molecule is NC1CCCN(c2ncc3c(n2)-c2cccc(Br)c2C3)C1. The van der Waals surface area contributed by atoms with E-state index in [4.69, 9.17) is 10.7 Å². The van der Waals surface area contributed by atoms with E-state index in [1.54, 1.807) is 0 Å². The van der Waals surface area contributed by atoms with Gasteiger partial charge in [-0.2, -0.15) is 0 Å². The zero-order valence-corrected chi connectivity index (χ0v) is 13.3. The lowest BCUT2D eigenvalue weighted by Crippen LogP contribution is -2.43. The maximum atomic E-state index is 6.07. The predicted molar refractivity (Wildman–Crippen MR) is 87.4 cm³/mol. The normalized spacial score (nSPS) is 20.3. The van der Waals surface area contributed by atoms with E-state index in [1.807, 2.05) is 6.20 Å². The molecule has 4 nitrogen and oxygen atoms in total. The molecule has 1 aliphatic carbocycles. The Morgan fingerprint density at radius 2 is 2.24 bits per heavy atom. The van der Waals surface area contributed by atoms with Crippen molar-refractivity contribution in [1.29, 1.82) is 0 Å². The highest BCUT2D eigenvalue weighted by Crippen LogP contribution is 2.39. The maximum Gasteiger partial charge on any atom is 0.225 e. The van der Waals surface area contributed by atoms with E-state index >= 15 is 0 Å². The van der Waals surface area contributed by atoms with Crippen LogP contribution in [0.1, 0.15) is 24.0 Å². The first-order valence-electron chi connectivity index (χ1n) is 7.36. The number of hydrogen-bond acceptors (Lipinski definition) is 4. The van der Waals surface area contributed by atoms with Crippen LogP contribution in [0.4, 0.5) is 5.95 Å². The van der Waals surface area contributed by atoms with Gasteiger partial charge in [0.1, 0.15) is 0 Å². The Morgan fingerprint density at radius 3 is 3.10 bits per heavy atom. The van der Waals surface area contributed by atoms with Gasteiger partial charge in [0.05, 0.1) is 5.69 Å². The van der Waals surface area contributed by atoms with Gasteiger partial charge in [-0.05, 0) is 24.5 Å². The molecule has 1 saturated heterocycles. The second-order valence-electron chi connectivity index (χ2n) is 5.83. The third-order valence-corrected chi connectivity index (χ3v) is 5.08. The minimum atomic E-state index is 0.233. The Morgan fingerprint density at radius 1 is 1.33 bits per heavy atom. The van der Waals surface area contributed by atoms with Gasteiger partial charge in [-0.1, -0.05) is 28.1 Å². The molecule has 0 radical (unpaired) electrons. The molecule has 2 aliphatic rings. The first-order valence-corrected chi connectivity index (χ1v) is 8.16. The van der Waals surface area contributed by atoms with Gasteiger partial charge in [-0.25, -0.2) is 9.97 Å². The van der Waals surface area contributed by atoms with Crippen molar-refractivity contribution in [3.05, 3.63) is 40.0 Å². The number of rotatable bonds is 1. The van der Waals surface area contributed by atoms with Crippen LogP contribution in [0.15, 0.2) is 28.9 Å². The molecule has 1 fully saturated rings. The number of fused-ring (bicyclic) bond motifs is 3. The van der Waals surface area contributed by atoms with Crippen molar-refractivity contribution in [2.75, 3.05) is 18.0 Å². The first kappa shape index (κ1) is 13.2. The zero-order valence-electron chi connectivity index (χ0n) is 11.7. The van der Waals surface area contributed by atoms with Gasteiger partial charge in [0, 0.05) is 47.3 Å². The minimum absolute atomic E-state index is 0.233. The van der Waals surface area contributed by atoms with Crippen molar-refractivity contribution in [3.8, 4) is 11.3 Å². The van der Waals surface area contributed by atoms with Crippen LogP contribution < -0.4 is 10.6 Å². The molecule has 5 heteroatoms. The minimum Gasteiger partial charge on any atom is -0.339 e. The number of hydrogen-bond donors (Lipinski definition) is 1. The van der Waals surface area contributed by atoms with Gasteiger partial charge in [0.2, 0.25) is 5.95 Å². The molecule has 1 aromatic heterocycles. The smallest absolute Gasteiger partial charge is 0.225 e. The number of halogens is 1. The monoisotopic (exact) mass is 344 g/mol. The summed E-state index contributed by atoms with van der Waals surface area (Å²) in [5.74, 6) is 0.816. The summed E-state index contributed by atoms with van der Waals surface area (Å²) < 4.78 is 1.15. The molecule has 1 atom stereocenters. The summed E-state index contributed by atoms with van der Waals surface area (Å²) in [4.78, 5) is 11.6. The van der Waals surface area contributed by atoms with E-state index in [2.05, 4.69) is 44.0 Å². The average Bonchev–Trinajstić information content (AvgIpc) is 2.87. The van der Waals surface area contributed by atoms with Crippen molar-refractivity contribution in [3.63, 3.8) is 0 Å². The van der Waals surface area contributed by atoms with E-state index in [1.165, 1.54) is 16.7 Å². The van der Waals surface area contributed by atoms with Crippen LogP contribution in [0.5, 0.6) is 0 Å². The Bertz CT molecular complexity index is 701. The van der Waals surface area contributed by atoms with Crippen LogP contribution >= 0.6 is 15.9 Å². The highest BCUT2D eigenvalue weighted by molar-refractivity contribution is 9.10. The molecular formula is C16H17BrN4. The van der Waals surface area contributed by atoms with E-state index in [0.29, 0.717) is 0 Å². The molecule has 2 N–H and O–H groups in total. The number of benzene rings is 1. The third-order valence-electron chi connectivity index (χ3n) is 4.33. The van der Waals surface area contributed by atoms with E-state index in [0.717, 1.165) is 48.5 Å². The fourth-order valence-corrected chi connectivity index (χ4v) is 3.76. The van der Waals surface area contributed by atoms with E-state index in [-0.39, 0.29) is 6.04 Å². The molecule has 0 bridgehead atoms. The fraction of sp³-hybridized carbons (Fsp3) is 0.375. The number of nitrogens with zero attached hydrogens (tertiary/aromatic N) is 3. The van der Waals surface area contributed by atoms with Gasteiger partial charge in [-0.3, -0.25) is 0 Å². The summed E-state index contributed by atoms with van der Waals surface area (Å²) in [5.41, 5.74) is 10.9. The van der Waals surface area contributed by atoms with Crippen molar-refractivity contribution < 1.29 is 0 Å². The second-order valence-corrected chi connectivity index (χ2v) is 6.69. The van der Waals surface area contributed by atoms with Crippen LogP contribution in [0.3, 0.4) is 0 Å². The van der Waals surface area contributed by atoms with Gasteiger partial charge in [0.15, 0.2) is 0 Å². The molecule has 0 saturated carbocycles. The molecule has 108 valence electrons. The average molecular weight is 345 g/mol. The summed E-state index contributed by atoms with van der Waals surface area (Å²) in [5, 5.41) is 0. The summed E-state index contributed by atoms with van der Waals surface area (Å²) >= 11 is 3.63. The molecule has 2 heterocycles.